The molecule has 0 radical (unpaired) electrons. The second-order valence-electron chi connectivity index (χ2n) is 4.22. The first-order valence-electron chi connectivity index (χ1n) is 6.36. The number of unbranched alkanes of at least 4 members (excludes halogenated alkanes) is 3. The van der Waals surface area contributed by atoms with Crippen molar-refractivity contribution in [2.24, 2.45) is 11.1 Å². The summed E-state index contributed by atoms with van der Waals surface area (Å²) in [7, 11) is 0. The average Bonchev–Trinajstić information content (AvgIpc) is 2.40. The molecule has 4 N–H and O–H groups in total. The van der Waals surface area contributed by atoms with E-state index in [0.717, 1.165) is 25.7 Å². The van der Waals surface area contributed by atoms with Crippen molar-refractivity contribution in [3.8, 4) is 0 Å². The molecule has 1 amide bonds. The van der Waals surface area contributed by atoms with Crippen LogP contribution in [0.5, 0.6) is 0 Å². The molecule has 0 aromatic rings. The summed E-state index contributed by atoms with van der Waals surface area (Å²) < 4.78 is 4.81. The van der Waals surface area contributed by atoms with Crippen molar-refractivity contribution < 1.29 is 24.3 Å². The van der Waals surface area contributed by atoms with Crippen LogP contribution in [-0.2, 0) is 14.4 Å². The van der Waals surface area contributed by atoms with Crippen molar-refractivity contribution in [1.82, 2.24) is 5.32 Å². The van der Waals surface area contributed by atoms with Gasteiger partial charge in [0.2, 0.25) is 0 Å². The third-order valence-corrected chi connectivity index (χ3v) is 2.57. The van der Waals surface area contributed by atoms with Gasteiger partial charge in [0, 0.05) is 6.54 Å². The lowest BCUT2D eigenvalue weighted by molar-refractivity contribution is -0.140. The Morgan fingerprint density at radius 2 is 1.95 bits per heavy atom. The lowest BCUT2D eigenvalue weighted by Gasteiger charge is -2.17. The number of hydrogen-bond donors (Lipinski definition) is 3. The minimum absolute atomic E-state index is 0.295. The molecule has 0 spiro atoms. The summed E-state index contributed by atoms with van der Waals surface area (Å²) in [6, 6.07) is -1.24. The summed E-state index contributed by atoms with van der Waals surface area (Å²) in [5.41, 5.74) is 5.30. The average molecular weight is 291 g/mol. The number of carbonyl (C=O) groups excluding carboxylic acids is 1. The van der Waals surface area contributed by atoms with Crippen LogP contribution in [0, 0.1) is 4.91 Å². The van der Waals surface area contributed by atoms with Gasteiger partial charge in [0.25, 0.3) is 0 Å². The van der Waals surface area contributed by atoms with E-state index in [2.05, 4.69) is 15.5 Å². The maximum Gasteiger partial charge on any atom is 0.407 e. The Hall–Kier alpha value is -1.90. The maximum absolute atomic E-state index is 11.3. The van der Waals surface area contributed by atoms with Crippen LogP contribution in [0.25, 0.3) is 0 Å². The number of rotatable bonds is 11. The van der Waals surface area contributed by atoms with Crippen LogP contribution >= 0.6 is 0 Å². The Bertz CT molecular complexity index is 313. The van der Waals surface area contributed by atoms with Crippen LogP contribution in [0.4, 0.5) is 4.79 Å². The number of carboxylic acid groups (broad SMARTS) is 1. The van der Waals surface area contributed by atoms with Gasteiger partial charge in [-0.2, -0.15) is 0 Å². The van der Waals surface area contributed by atoms with E-state index in [1.165, 1.54) is 6.92 Å². The molecule has 0 aromatic carbocycles. The van der Waals surface area contributed by atoms with Gasteiger partial charge >= 0.3 is 12.1 Å². The zero-order valence-corrected chi connectivity index (χ0v) is 11.4. The Labute approximate surface area is 116 Å². The lowest BCUT2D eigenvalue weighted by Crippen LogP contribution is -2.44. The van der Waals surface area contributed by atoms with Crippen LogP contribution < -0.4 is 11.1 Å². The van der Waals surface area contributed by atoms with Crippen LogP contribution in [0.3, 0.4) is 0 Å². The lowest BCUT2D eigenvalue weighted by atomic mass is 10.2. The largest absolute Gasteiger partial charge is 0.480 e. The molecular weight excluding hydrogens is 270 g/mol. The molecule has 2 unspecified atom stereocenters. The summed E-state index contributed by atoms with van der Waals surface area (Å²) in [4.78, 5) is 35.8. The highest BCUT2D eigenvalue weighted by atomic mass is 16.7. The standard InChI is InChI=1S/C11H21N3O6/c1-8(9(12)10(15)16)20-11(17)13-6-4-2-3-5-7-19-14-18/h8-9H,2-7,12H2,1H3,(H,13,17)(H,15,16). The van der Waals surface area contributed by atoms with E-state index in [1.54, 1.807) is 0 Å². The minimum Gasteiger partial charge on any atom is -0.480 e. The second-order valence-corrected chi connectivity index (χ2v) is 4.22. The molecule has 20 heavy (non-hydrogen) atoms. The van der Waals surface area contributed by atoms with Gasteiger partial charge in [0.05, 0.1) is 0 Å². The zero-order valence-electron chi connectivity index (χ0n) is 11.4. The smallest absolute Gasteiger partial charge is 0.407 e. The number of hydrogen-bond acceptors (Lipinski definition) is 7. The first-order chi connectivity index (χ1) is 9.49. The Morgan fingerprint density at radius 3 is 2.55 bits per heavy atom. The maximum atomic E-state index is 11.3. The fraction of sp³-hybridized carbons (Fsp3) is 0.818. The topological polar surface area (TPSA) is 140 Å². The van der Waals surface area contributed by atoms with E-state index >= 15 is 0 Å². The van der Waals surface area contributed by atoms with Crippen LogP contribution in [0.15, 0.2) is 5.34 Å². The third-order valence-electron chi connectivity index (χ3n) is 2.57. The molecule has 0 aliphatic rings. The van der Waals surface area contributed by atoms with E-state index in [4.69, 9.17) is 15.6 Å². The van der Waals surface area contributed by atoms with E-state index in [9.17, 15) is 14.5 Å². The van der Waals surface area contributed by atoms with Crippen LogP contribution in [0.2, 0.25) is 0 Å². The van der Waals surface area contributed by atoms with E-state index in [-0.39, 0.29) is 0 Å². The highest BCUT2D eigenvalue weighted by Gasteiger charge is 2.23. The molecule has 2 atom stereocenters. The van der Waals surface area contributed by atoms with Crippen molar-refractivity contribution in [3.63, 3.8) is 0 Å². The molecule has 0 heterocycles. The SMILES string of the molecule is CC(OC(=O)NCCCCCCON=O)C(N)C(=O)O. The summed E-state index contributed by atoms with van der Waals surface area (Å²) in [6.07, 6.45) is 1.58. The first-order valence-corrected chi connectivity index (χ1v) is 6.36. The quantitative estimate of drug-likeness (QED) is 0.290. The van der Waals surface area contributed by atoms with Gasteiger partial charge < -0.3 is 25.7 Å². The predicted octanol–water partition coefficient (Wildman–Crippen LogP) is 0.771. The van der Waals surface area contributed by atoms with Gasteiger partial charge in [-0.1, -0.05) is 6.42 Å². The van der Waals surface area contributed by atoms with Crippen molar-refractivity contribution in [1.29, 1.82) is 0 Å². The number of carboxylic acids is 1. The summed E-state index contributed by atoms with van der Waals surface area (Å²) in [6.45, 7) is 2.13. The molecule has 0 rings (SSSR count). The highest BCUT2D eigenvalue weighted by molar-refractivity contribution is 5.75. The van der Waals surface area contributed by atoms with Gasteiger partial charge in [-0.05, 0) is 26.2 Å². The molecule has 0 saturated heterocycles. The molecule has 116 valence electrons. The summed E-state index contributed by atoms with van der Waals surface area (Å²) in [5, 5.41) is 13.4. The summed E-state index contributed by atoms with van der Waals surface area (Å²) in [5.74, 6) is -1.22. The van der Waals surface area contributed by atoms with Crippen LogP contribution in [-0.4, -0.2) is 42.5 Å². The molecule has 0 saturated carbocycles. The normalized spacial score (nSPS) is 13.1. The number of amides is 1. The van der Waals surface area contributed by atoms with Crippen molar-refractivity contribution in [2.45, 2.75) is 44.8 Å². The highest BCUT2D eigenvalue weighted by Crippen LogP contribution is 2.00. The van der Waals surface area contributed by atoms with Crippen molar-refractivity contribution in [3.05, 3.63) is 4.91 Å². The number of nitrogens with zero attached hydrogens (tertiary/aromatic N) is 1. The molecule has 0 aromatic heterocycles. The number of alkyl carbamates (subject to hydrolysis) is 1. The van der Waals surface area contributed by atoms with Gasteiger partial charge in [-0.25, -0.2) is 4.79 Å². The predicted molar refractivity (Wildman–Crippen MR) is 69.8 cm³/mol. The van der Waals surface area contributed by atoms with E-state index < -0.39 is 24.2 Å². The third kappa shape index (κ3) is 9.09. The summed E-state index contributed by atoms with van der Waals surface area (Å²) >= 11 is 0. The second kappa shape index (κ2) is 11.0. The van der Waals surface area contributed by atoms with Crippen LogP contribution in [0.1, 0.15) is 32.6 Å². The monoisotopic (exact) mass is 291 g/mol. The molecule has 0 aliphatic carbocycles. The molecule has 0 fully saturated rings. The van der Waals surface area contributed by atoms with Gasteiger partial charge in [0.15, 0.2) is 5.34 Å². The molecule has 9 heteroatoms. The molecule has 0 bridgehead atoms. The minimum atomic E-state index is -1.24. The van der Waals surface area contributed by atoms with Gasteiger partial charge in [0.1, 0.15) is 18.8 Å². The zero-order chi connectivity index (χ0) is 15.4. The number of nitrogens with two attached hydrogens (primary N) is 1. The first kappa shape index (κ1) is 18.1. The fourth-order valence-corrected chi connectivity index (χ4v) is 1.36. The Kier molecular flexibility index (Phi) is 9.93. The van der Waals surface area contributed by atoms with Crippen molar-refractivity contribution >= 4 is 12.1 Å². The van der Waals surface area contributed by atoms with E-state index in [1.807, 2.05) is 0 Å². The van der Waals surface area contributed by atoms with Crippen molar-refractivity contribution in [2.75, 3.05) is 13.2 Å². The fourth-order valence-electron chi connectivity index (χ4n) is 1.36. The molecule has 0 aliphatic heterocycles. The number of carbonyl (C=O) groups is 2. The number of aliphatic carboxylic acids is 1. The van der Waals surface area contributed by atoms with Gasteiger partial charge in [-0.3, -0.25) is 4.79 Å². The molecular formula is C11H21N3O6. The number of nitrogens with one attached hydrogen (secondary N) is 1. The van der Waals surface area contributed by atoms with Gasteiger partial charge in [-0.15, -0.1) is 4.91 Å². The Balaban J connectivity index is 3.54. The van der Waals surface area contributed by atoms with E-state index in [0.29, 0.717) is 13.2 Å². The number of ether oxygens (including phenoxy) is 1. The Morgan fingerprint density at radius 1 is 1.30 bits per heavy atom. The molecule has 9 nitrogen and oxygen atoms in total.